The number of furan rings is 1. The lowest BCUT2D eigenvalue weighted by molar-refractivity contribution is -0.127. The molecule has 1 fully saturated rings. The van der Waals surface area contributed by atoms with Gasteiger partial charge in [0, 0.05) is 10.9 Å². The van der Waals surface area contributed by atoms with Gasteiger partial charge in [-0.1, -0.05) is 29.8 Å². The first-order chi connectivity index (χ1) is 11.1. The molecule has 6 heteroatoms. The summed E-state index contributed by atoms with van der Waals surface area (Å²) in [6.45, 7) is 0.276. The summed E-state index contributed by atoms with van der Waals surface area (Å²) in [7, 11) is 0. The first-order valence-electron chi connectivity index (χ1n) is 7.46. The lowest BCUT2D eigenvalue weighted by Crippen LogP contribution is -2.37. The standard InChI is InChI=1S/C17H17ClN2O3/c18-15-6-2-1-5-12(15)13-8-14(13)17(22)20-10-16(21)19-9-11-4-3-7-23-11/h1-7,13-14H,8-10H2,(H,19,21)(H,20,22). The van der Waals surface area contributed by atoms with Crippen LogP contribution in [0.1, 0.15) is 23.7 Å². The van der Waals surface area contributed by atoms with Crippen molar-refractivity contribution in [2.45, 2.75) is 18.9 Å². The zero-order chi connectivity index (χ0) is 16.2. The van der Waals surface area contributed by atoms with Gasteiger partial charge >= 0.3 is 0 Å². The SMILES string of the molecule is O=C(CNC(=O)C1CC1c1ccccc1Cl)NCc1ccco1. The normalized spacial score (nSPS) is 19.2. The molecule has 2 unspecified atom stereocenters. The first-order valence-corrected chi connectivity index (χ1v) is 7.84. The summed E-state index contributed by atoms with van der Waals surface area (Å²) in [5.41, 5.74) is 0.997. The number of carbonyl (C=O) groups is 2. The Balaban J connectivity index is 1.42. The van der Waals surface area contributed by atoms with E-state index in [1.807, 2.05) is 24.3 Å². The van der Waals surface area contributed by atoms with Gasteiger partial charge in [-0.05, 0) is 36.1 Å². The molecule has 0 aliphatic heterocycles. The van der Waals surface area contributed by atoms with Crippen LogP contribution in [0.15, 0.2) is 47.1 Å². The minimum atomic E-state index is -0.246. The van der Waals surface area contributed by atoms with Gasteiger partial charge in [0.05, 0.1) is 19.4 Å². The van der Waals surface area contributed by atoms with Crippen LogP contribution in [0.4, 0.5) is 0 Å². The van der Waals surface area contributed by atoms with Crippen LogP contribution in [0.3, 0.4) is 0 Å². The third-order valence-electron chi connectivity index (χ3n) is 3.89. The second-order valence-electron chi connectivity index (χ2n) is 5.54. The number of hydrogen-bond donors (Lipinski definition) is 2. The molecule has 3 rings (SSSR count). The van der Waals surface area contributed by atoms with Crippen molar-refractivity contribution in [2.75, 3.05) is 6.54 Å². The molecule has 1 aliphatic rings. The van der Waals surface area contributed by atoms with Gasteiger partial charge in [0.15, 0.2) is 0 Å². The van der Waals surface area contributed by atoms with Crippen molar-refractivity contribution in [1.82, 2.24) is 10.6 Å². The van der Waals surface area contributed by atoms with Crippen LogP contribution in [-0.4, -0.2) is 18.4 Å². The molecule has 23 heavy (non-hydrogen) atoms. The second-order valence-corrected chi connectivity index (χ2v) is 5.95. The van der Waals surface area contributed by atoms with E-state index in [9.17, 15) is 9.59 Å². The molecular weight excluding hydrogens is 316 g/mol. The Morgan fingerprint density at radius 3 is 2.74 bits per heavy atom. The van der Waals surface area contributed by atoms with Crippen LogP contribution in [0, 0.1) is 5.92 Å². The highest BCUT2D eigenvalue weighted by molar-refractivity contribution is 6.31. The summed E-state index contributed by atoms with van der Waals surface area (Å²) in [6, 6.07) is 11.1. The fourth-order valence-electron chi connectivity index (χ4n) is 2.56. The Kier molecular flexibility index (Phi) is 4.67. The van der Waals surface area contributed by atoms with E-state index < -0.39 is 0 Å². The lowest BCUT2D eigenvalue weighted by atomic mass is 10.1. The van der Waals surface area contributed by atoms with Crippen molar-refractivity contribution >= 4 is 23.4 Å². The van der Waals surface area contributed by atoms with Gasteiger partial charge in [0.25, 0.3) is 0 Å². The van der Waals surface area contributed by atoms with Crippen LogP contribution >= 0.6 is 11.6 Å². The van der Waals surface area contributed by atoms with Gasteiger partial charge in [0.1, 0.15) is 5.76 Å². The Morgan fingerprint density at radius 1 is 1.17 bits per heavy atom. The third-order valence-corrected chi connectivity index (χ3v) is 4.24. The quantitative estimate of drug-likeness (QED) is 0.853. The first kappa shape index (κ1) is 15.6. The molecule has 2 N–H and O–H groups in total. The fraction of sp³-hybridized carbons (Fsp3) is 0.294. The van der Waals surface area contributed by atoms with E-state index in [1.165, 1.54) is 0 Å². The zero-order valence-electron chi connectivity index (χ0n) is 12.4. The molecule has 1 aromatic heterocycles. The highest BCUT2D eigenvalue weighted by Crippen LogP contribution is 2.49. The van der Waals surface area contributed by atoms with E-state index in [-0.39, 0.29) is 30.2 Å². The lowest BCUT2D eigenvalue weighted by Gasteiger charge is -2.06. The van der Waals surface area contributed by atoms with E-state index >= 15 is 0 Å². The highest BCUT2D eigenvalue weighted by Gasteiger charge is 2.44. The summed E-state index contributed by atoms with van der Waals surface area (Å²) in [4.78, 5) is 23.8. The van der Waals surface area contributed by atoms with Crippen LogP contribution in [-0.2, 0) is 16.1 Å². The second kappa shape index (κ2) is 6.87. The molecule has 2 aromatic rings. The average molecular weight is 333 g/mol. The maximum Gasteiger partial charge on any atom is 0.239 e. The summed E-state index contributed by atoms with van der Waals surface area (Å²) in [5.74, 6) is 0.362. The minimum absolute atomic E-state index is 0.0364. The van der Waals surface area contributed by atoms with Crippen LogP contribution < -0.4 is 10.6 Å². The van der Waals surface area contributed by atoms with Crippen molar-refractivity contribution in [3.05, 3.63) is 59.0 Å². The molecule has 2 atom stereocenters. The van der Waals surface area contributed by atoms with Gasteiger partial charge in [-0.3, -0.25) is 9.59 Å². The Hall–Kier alpha value is -2.27. The molecule has 2 amide bonds. The molecular formula is C17H17ClN2O3. The molecule has 0 spiro atoms. The van der Waals surface area contributed by atoms with E-state index in [4.69, 9.17) is 16.0 Å². The maximum atomic E-state index is 12.1. The molecule has 0 bridgehead atoms. The summed E-state index contributed by atoms with van der Waals surface area (Å²) in [6.07, 6.45) is 2.31. The molecule has 0 radical (unpaired) electrons. The molecule has 0 saturated heterocycles. The number of hydrogen-bond acceptors (Lipinski definition) is 3. The van der Waals surface area contributed by atoms with Crippen LogP contribution in [0.5, 0.6) is 0 Å². The van der Waals surface area contributed by atoms with E-state index in [0.717, 1.165) is 12.0 Å². The minimum Gasteiger partial charge on any atom is -0.467 e. The predicted octanol–water partition coefficient (Wildman–Crippen LogP) is 2.47. The van der Waals surface area contributed by atoms with Crippen LogP contribution in [0.2, 0.25) is 5.02 Å². The number of amides is 2. The number of nitrogens with one attached hydrogen (secondary N) is 2. The predicted molar refractivity (Wildman–Crippen MR) is 85.9 cm³/mol. The average Bonchev–Trinajstić information content (AvgIpc) is 3.17. The van der Waals surface area contributed by atoms with Gasteiger partial charge < -0.3 is 15.1 Å². The van der Waals surface area contributed by atoms with Crippen molar-refractivity contribution in [3.8, 4) is 0 Å². The topological polar surface area (TPSA) is 71.3 Å². The summed E-state index contributed by atoms with van der Waals surface area (Å²) in [5, 5.41) is 6.04. The van der Waals surface area contributed by atoms with Crippen molar-refractivity contribution in [2.24, 2.45) is 5.92 Å². The molecule has 1 heterocycles. The number of halogens is 1. The molecule has 1 aromatic carbocycles. The fourth-order valence-corrected chi connectivity index (χ4v) is 2.84. The monoisotopic (exact) mass is 332 g/mol. The smallest absolute Gasteiger partial charge is 0.239 e. The highest BCUT2D eigenvalue weighted by atomic mass is 35.5. The van der Waals surface area contributed by atoms with E-state index in [1.54, 1.807) is 18.4 Å². The molecule has 120 valence electrons. The van der Waals surface area contributed by atoms with Gasteiger partial charge in [-0.2, -0.15) is 0 Å². The summed E-state index contributed by atoms with van der Waals surface area (Å²) < 4.78 is 5.12. The van der Waals surface area contributed by atoms with Gasteiger partial charge in [-0.25, -0.2) is 0 Å². The van der Waals surface area contributed by atoms with Gasteiger partial charge in [-0.15, -0.1) is 0 Å². The summed E-state index contributed by atoms with van der Waals surface area (Å²) >= 11 is 6.14. The largest absolute Gasteiger partial charge is 0.467 e. The van der Waals surface area contributed by atoms with Gasteiger partial charge in [0.2, 0.25) is 11.8 Å². The number of benzene rings is 1. The van der Waals surface area contributed by atoms with E-state index in [2.05, 4.69) is 10.6 Å². The third kappa shape index (κ3) is 3.93. The molecule has 1 saturated carbocycles. The van der Waals surface area contributed by atoms with E-state index in [0.29, 0.717) is 17.3 Å². The van der Waals surface area contributed by atoms with Crippen molar-refractivity contribution in [3.63, 3.8) is 0 Å². The Morgan fingerprint density at radius 2 is 2.00 bits per heavy atom. The van der Waals surface area contributed by atoms with Crippen LogP contribution in [0.25, 0.3) is 0 Å². The number of carbonyl (C=O) groups excluding carboxylic acids is 2. The van der Waals surface area contributed by atoms with Crippen molar-refractivity contribution in [1.29, 1.82) is 0 Å². The molecule has 5 nitrogen and oxygen atoms in total. The van der Waals surface area contributed by atoms with Crippen molar-refractivity contribution < 1.29 is 14.0 Å². The maximum absolute atomic E-state index is 12.1. The molecule has 1 aliphatic carbocycles. The number of rotatable bonds is 6. The zero-order valence-corrected chi connectivity index (χ0v) is 13.2. The Labute approximate surface area is 139 Å². The Bertz CT molecular complexity index is 700.